The van der Waals surface area contributed by atoms with Gasteiger partial charge in [-0.3, -0.25) is 9.78 Å². The lowest BCUT2D eigenvalue weighted by Crippen LogP contribution is -2.44. The molecule has 1 saturated heterocycles. The molecule has 4 rings (SSSR count). The van der Waals surface area contributed by atoms with Crippen LogP contribution in [0.4, 0.5) is 0 Å². The van der Waals surface area contributed by atoms with Crippen LogP contribution >= 0.6 is 0 Å². The lowest BCUT2D eigenvalue weighted by Gasteiger charge is -2.36. The second-order valence-corrected chi connectivity index (χ2v) is 7.99. The molecular formula is C21H29N5O. The Hall–Kier alpha value is -2.21. The number of carbonyl (C=O) groups excluding carboxylic acids is 1. The number of nitrogens with two attached hydrogens (primary N) is 1. The average Bonchev–Trinajstić information content (AvgIpc) is 3.16. The van der Waals surface area contributed by atoms with Crippen LogP contribution in [0.5, 0.6) is 0 Å². The number of hydrogen-bond acceptors (Lipinski definition) is 4. The summed E-state index contributed by atoms with van der Waals surface area (Å²) in [5, 5.41) is 0. The molecule has 144 valence electrons. The van der Waals surface area contributed by atoms with Crippen LogP contribution in [0.1, 0.15) is 55.8 Å². The molecule has 0 spiro atoms. The minimum atomic E-state index is 0.138. The lowest BCUT2D eigenvalue weighted by molar-refractivity contribution is -0.137. The molecule has 6 nitrogen and oxygen atoms in total. The normalized spacial score (nSPS) is 24.1. The first-order chi connectivity index (χ1) is 13.2. The van der Waals surface area contributed by atoms with E-state index >= 15 is 0 Å². The Morgan fingerprint density at radius 1 is 1.11 bits per heavy atom. The van der Waals surface area contributed by atoms with Gasteiger partial charge in [-0.1, -0.05) is 6.42 Å². The molecule has 1 amide bonds. The molecule has 6 heteroatoms. The van der Waals surface area contributed by atoms with Crippen molar-refractivity contribution in [1.29, 1.82) is 0 Å². The first kappa shape index (κ1) is 18.2. The number of pyridine rings is 1. The number of amides is 1. The van der Waals surface area contributed by atoms with Crippen LogP contribution in [0.3, 0.4) is 0 Å². The van der Waals surface area contributed by atoms with Crippen molar-refractivity contribution >= 4 is 5.91 Å². The summed E-state index contributed by atoms with van der Waals surface area (Å²) in [6.45, 7) is 2.48. The number of aromatic nitrogens is 3. The summed E-state index contributed by atoms with van der Waals surface area (Å²) in [4.78, 5) is 23.6. The zero-order valence-electron chi connectivity index (χ0n) is 15.8. The van der Waals surface area contributed by atoms with E-state index in [0.717, 1.165) is 64.0 Å². The van der Waals surface area contributed by atoms with Crippen molar-refractivity contribution in [3.63, 3.8) is 0 Å². The minimum Gasteiger partial charge on any atom is -0.342 e. The Labute approximate surface area is 160 Å². The van der Waals surface area contributed by atoms with Crippen molar-refractivity contribution in [2.75, 3.05) is 13.1 Å². The summed E-state index contributed by atoms with van der Waals surface area (Å²) >= 11 is 0. The second-order valence-electron chi connectivity index (χ2n) is 7.99. The van der Waals surface area contributed by atoms with Crippen LogP contribution in [0.25, 0.3) is 0 Å². The highest BCUT2D eigenvalue weighted by Crippen LogP contribution is 2.30. The zero-order valence-corrected chi connectivity index (χ0v) is 15.8. The molecule has 2 atom stereocenters. The molecule has 0 bridgehead atoms. The van der Waals surface area contributed by atoms with E-state index in [2.05, 4.69) is 25.6 Å². The third kappa shape index (κ3) is 4.21. The van der Waals surface area contributed by atoms with Crippen LogP contribution in [-0.4, -0.2) is 44.5 Å². The fraction of sp³-hybridized carbons (Fsp3) is 0.571. The highest BCUT2D eigenvalue weighted by atomic mass is 16.2. The Morgan fingerprint density at radius 2 is 1.89 bits per heavy atom. The molecule has 2 aromatic rings. The maximum Gasteiger partial charge on any atom is 0.225 e. The maximum atomic E-state index is 12.8. The molecule has 1 aliphatic carbocycles. The fourth-order valence-electron chi connectivity index (χ4n) is 4.57. The van der Waals surface area contributed by atoms with Crippen LogP contribution < -0.4 is 5.73 Å². The number of likely N-dealkylation sites (tertiary alicyclic amines) is 1. The predicted octanol–water partition coefficient (Wildman–Crippen LogP) is 2.55. The summed E-state index contributed by atoms with van der Waals surface area (Å²) in [6.07, 6.45) is 13.6. The molecule has 2 N–H and O–H groups in total. The van der Waals surface area contributed by atoms with E-state index in [-0.39, 0.29) is 12.0 Å². The molecule has 2 fully saturated rings. The molecule has 2 aliphatic rings. The van der Waals surface area contributed by atoms with Gasteiger partial charge in [0.2, 0.25) is 5.91 Å². The predicted molar refractivity (Wildman–Crippen MR) is 104 cm³/mol. The first-order valence-electron chi connectivity index (χ1n) is 10.1. The molecule has 27 heavy (non-hydrogen) atoms. The highest BCUT2D eigenvalue weighted by molar-refractivity contribution is 5.79. The van der Waals surface area contributed by atoms with E-state index in [1.54, 1.807) is 0 Å². The Kier molecular flexibility index (Phi) is 5.53. The van der Waals surface area contributed by atoms with Gasteiger partial charge in [0, 0.05) is 62.3 Å². The largest absolute Gasteiger partial charge is 0.342 e. The number of rotatable bonds is 4. The van der Waals surface area contributed by atoms with E-state index in [4.69, 9.17) is 5.73 Å². The van der Waals surface area contributed by atoms with Crippen LogP contribution in [0.15, 0.2) is 36.9 Å². The molecule has 0 unspecified atom stereocenters. The smallest absolute Gasteiger partial charge is 0.225 e. The highest BCUT2D eigenvalue weighted by Gasteiger charge is 2.32. The molecule has 1 aliphatic heterocycles. The van der Waals surface area contributed by atoms with Gasteiger partial charge in [-0.25, -0.2) is 4.98 Å². The van der Waals surface area contributed by atoms with Gasteiger partial charge in [-0.05, 0) is 49.8 Å². The average molecular weight is 367 g/mol. The first-order valence-corrected chi connectivity index (χ1v) is 10.1. The molecule has 2 aromatic heterocycles. The van der Waals surface area contributed by atoms with Gasteiger partial charge < -0.3 is 15.2 Å². The van der Waals surface area contributed by atoms with Gasteiger partial charge >= 0.3 is 0 Å². The van der Waals surface area contributed by atoms with Gasteiger partial charge in [0.15, 0.2) is 0 Å². The second kappa shape index (κ2) is 8.21. The third-order valence-electron chi connectivity index (χ3n) is 6.09. The van der Waals surface area contributed by atoms with Gasteiger partial charge in [-0.15, -0.1) is 0 Å². The van der Waals surface area contributed by atoms with E-state index in [1.807, 2.05) is 30.7 Å². The van der Waals surface area contributed by atoms with E-state index in [1.165, 1.54) is 5.56 Å². The quantitative estimate of drug-likeness (QED) is 0.901. The molecule has 0 radical (unpaired) electrons. The monoisotopic (exact) mass is 367 g/mol. The van der Waals surface area contributed by atoms with Crippen LogP contribution in [-0.2, 0) is 11.3 Å². The maximum absolute atomic E-state index is 12.8. The van der Waals surface area contributed by atoms with Crippen LogP contribution in [0.2, 0.25) is 0 Å². The molecular weight excluding hydrogens is 338 g/mol. The summed E-state index contributed by atoms with van der Waals surface area (Å²) in [5.41, 5.74) is 7.30. The number of imidazole rings is 1. The van der Waals surface area contributed by atoms with Crippen molar-refractivity contribution in [3.8, 4) is 0 Å². The zero-order chi connectivity index (χ0) is 18.6. The van der Waals surface area contributed by atoms with Crippen molar-refractivity contribution in [3.05, 3.63) is 48.3 Å². The lowest BCUT2D eigenvalue weighted by atomic mass is 9.84. The Morgan fingerprint density at radius 3 is 2.63 bits per heavy atom. The third-order valence-corrected chi connectivity index (χ3v) is 6.09. The van der Waals surface area contributed by atoms with E-state index in [9.17, 15) is 4.79 Å². The minimum absolute atomic E-state index is 0.138. The Balaban J connectivity index is 1.36. The van der Waals surface area contributed by atoms with E-state index < -0.39 is 0 Å². The summed E-state index contributed by atoms with van der Waals surface area (Å²) in [7, 11) is 0. The summed E-state index contributed by atoms with van der Waals surface area (Å²) in [6, 6.07) is 4.28. The van der Waals surface area contributed by atoms with Gasteiger partial charge in [0.25, 0.3) is 0 Å². The molecule has 3 heterocycles. The SMILES string of the molecule is N[C@H]1CCC[C@@H](C(=O)N2CCC(c3nccn3Cc3ccncc3)CC2)C1. The molecule has 1 saturated carbocycles. The standard InChI is InChI=1S/C21H29N5O/c22-19-3-1-2-18(14-19)21(27)25-11-6-17(7-12-25)20-24-10-13-26(20)15-16-4-8-23-9-5-16/h4-5,8-10,13,17-19H,1-3,6-7,11-12,14-15,22H2/t18-,19+/m1/s1. The van der Waals surface area contributed by atoms with Gasteiger partial charge in [0.1, 0.15) is 5.82 Å². The Bertz CT molecular complexity index is 751. The van der Waals surface area contributed by atoms with E-state index in [0.29, 0.717) is 11.8 Å². The number of hydrogen-bond donors (Lipinski definition) is 1. The fourth-order valence-corrected chi connectivity index (χ4v) is 4.57. The van der Waals surface area contributed by atoms with Crippen molar-refractivity contribution in [2.45, 2.75) is 57.0 Å². The summed E-state index contributed by atoms with van der Waals surface area (Å²) in [5.74, 6) is 2.01. The number of carbonyl (C=O) groups is 1. The van der Waals surface area contributed by atoms with Gasteiger partial charge in [-0.2, -0.15) is 0 Å². The number of nitrogens with zero attached hydrogens (tertiary/aromatic N) is 4. The van der Waals surface area contributed by atoms with Crippen molar-refractivity contribution in [2.24, 2.45) is 11.7 Å². The van der Waals surface area contributed by atoms with Crippen LogP contribution in [0, 0.1) is 5.92 Å². The number of piperidine rings is 1. The van der Waals surface area contributed by atoms with Gasteiger partial charge in [0.05, 0.1) is 0 Å². The van der Waals surface area contributed by atoms with Crippen molar-refractivity contribution < 1.29 is 4.79 Å². The van der Waals surface area contributed by atoms with Crippen molar-refractivity contribution in [1.82, 2.24) is 19.4 Å². The topological polar surface area (TPSA) is 77.0 Å². The molecule has 0 aromatic carbocycles. The summed E-state index contributed by atoms with van der Waals surface area (Å²) < 4.78 is 2.23.